The van der Waals surface area contributed by atoms with E-state index in [1.165, 1.54) is 12.1 Å². The van der Waals surface area contributed by atoms with Gasteiger partial charge in [-0.3, -0.25) is 4.79 Å². The van der Waals surface area contributed by atoms with Gasteiger partial charge in [0.2, 0.25) is 5.54 Å². The Labute approximate surface area is 212 Å². The summed E-state index contributed by atoms with van der Waals surface area (Å²) in [7, 11) is 0. The summed E-state index contributed by atoms with van der Waals surface area (Å²) < 4.78 is 34.1. The molecular weight excluding hydrogens is 473 g/mol. The van der Waals surface area contributed by atoms with Crippen molar-refractivity contribution in [3.8, 4) is 0 Å². The van der Waals surface area contributed by atoms with Crippen LogP contribution >= 0.6 is 0 Å². The molecule has 0 aromatic heterocycles. The van der Waals surface area contributed by atoms with Crippen molar-refractivity contribution in [3.05, 3.63) is 35.6 Å². The Bertz CT molecular complexity index is 851. The maximum absolute atomic E-state index is 13.3. The van der Waals surface area contributed by atoms with Gasteiger partial charge in [0.15, 0.2) is 5.60 Å². The van der Waals surface area contributed by atoms with Gasteiger partial charge >= 0.3 is 17.9 Å². The summed E-state index contributed by atoms with van der Waals surface area (Å²) in [6.07, 6.45) is 2.27. The molecule has 0 saturated heterocycles. The van der Waals surface area contributed by atoms with Crippen molar-refractivity contribution in [2.75, 3.05) is 26.4 Å². The number of carbonyl (C=O) groups is 4. The molecule has 0 bridgehead atoms. The first-order valence-electron chi connectivity index (χ1n) is 12.3. The van der Waals surface area contributed by atoms with E-state index in [2.05, 4.69) is 5.32 Å². The third kappa shape index (κ3) is 9.22. The van der Waals surface area contributed by atoms with Gasteiger partial charge in [-0.1, -0.05) is 12.8 Å². The molecule has 0 aliphatic carbocycles. The van der Waals surface area contributed by atoms with Crippen LogP contribution in [0.5, 0.6) is 0 Å². The van der Waals surface area contributed by atoms with E-state index < -0.39 is 40.8 Å². The van der Waals surface area contributed by atoms with Gasteiger partial charge < -0.3 is 24.3 Å². The Kier molecular flexibility index (Phi) is 13.1. The monoisotopic (exact) mass is 511 g/mol. The van der Waals surface area contributed by atoms with Gasteiger partial charge in [-0.15, -0.1) is 0 Å². The summed E-state index contributed by atoms with van der Waals surface area (Å²) in [5.74, 6) is -3.53. The number of rotatable bonds is 16. The molecule has 0 spiro atoms. The van der Waals surface area contributed by atoms with Crippen LogP contribution in [0.4, 0.5) is 4.39 Å². The molecule has 10 heteroatoms. The van der Waals surface area contributed by atoms with Crippen LogP contribution in [0.25, 0.3) is 0 Å². The zero-order chi connectivity index (χ0) is 27.2. The van der Waals surface area contributed by atoms with Gasteiger partial charge in [0.25, 0.3) is 5.91 Å². The van der Waals surface area contributed by atoms with Crippen molar-refractivity contribution in [1.82, 2.24) is 5.32 Å². The molecule has 202 valence electrons. The second kappa shape index (κ2) is 15.2. The van der Waals surface area contributed by atoms with Gasteiger partial charge in [0.05, 0.1) is 19.8 Å². The van der Waals surface area contributed by atoms with Crippen LogP contribution < -0.4 is 5.32 Å². The number of halogens is 1. The van der Waals surface area contributed by atoms with E-state index in [9.17, 15) is 23.6 Å². The minimum atomic E-state index is -2.04. The Morgan fingerprint density at radius 3 is 1.81 bits per heavy atom. The molecule has 1 rings (SSSR count). The lowest BCUT2D eigenvalue weighted by Crippen LogP contribution is -2.61. The van der Waals surface area contributed by atoms with Crippen LogP contribution in [0.1, 0.15) is 77.1 Å². The summed E-state index contributed by atoms with van der Waals surface area (Å²) in [5, 5.41) is 2.50. The van der Waals surface area contributed by atoms with Gasteiger partial charge in [-0.05, 0) is 78.1 Å². The van der Waals surface area contributed by atoms with Gasteiger partial charge in [0.1, 0.15) is 5.82 Å². The summed E-state index contributed by atoms with van der Waals surface area (Å²) in [4.78, 5) is 50.6. The minimum absolute atomic E-state index is 0.00000286. The SMILES string of the molecule is CCOC(=O)C(C)(C)OCCCCCCC(NC(=O)c1ccc(F)cc1)(C(=O)OCC)C(=O)OCC. The summed E-state index contributed by atoms with van der Waals surface area (Å²) in [6, 6.07) is 4.72. The molecule has 0 fully saturated rings. The van der Waals surface area contributed by atoms with E-state index in [0.717, 1.165) is 12.1 Å². The molecule has 1 aromatic carbocycles. The zero-order valence-electron chi connectivity index (χ0n) is 21.8. The highest BCUT2D eigenvalue weighted by atomic mass is 19.1. The zero-order valence-corrected chi connectivity index (χ0v) is 21.8. The first-order chi connectivity index (χ1) is 17.0. The number of benzene rings is 1. The summed E-state index contributed by atoms with van der Waals surface area (Å²) in [6.45, 7) is 8.78. The average Bonchev–Trinajstić information content (AvgIpc) is 2.83. The van der Waals surface area contributed by atoms with Crippen LogP contribution in [-0.2, 0) is 33.3 Å². The molecule has 36 heavy (non-hydrogen) atoms. The average molecular weight is 512 g/mol. The number of amides is 1. The van der Waals surface area contributed by atoms with E-state index in [1.54, 1.807) is 34.6 Å². The standard InChI is InChI=1S/C26H38FNO8/c1-6-33-22(30)25(4,5)36-18-12-10-9-11-17-26(23(31)34-7-2,24(32)35-8-3)28-21(29)19-13-15-20(27)16-14-19/h13-16H,6-12,17-18H2,1-5H3,(H,28,29). The summed E-state index contributed by atoms with van der Waals surface area (Å²) in [5.41, 5.74) is -3.01. The predicted molar refractivity (Wildman–Crippen MR) is 130 cm³/mol. The third-order valence-corrected chi connectivity index (χ3v) is 5.36. The van der Waals surface area contributed by atoms with E-state index in [0.29, 0.717) is 32.3 Å². The molecular formula is C26H38FNO8. The Balaban J connectivity index is 2.85. The van der Waals surface area contributed by atoms with Crippen molar-refractivity contribution < 1.29 is 42.5 Å². The molecule has 0 aliphatic rings. The molecule has 1 N–H and O–H groups in total. The van der Waals surface area contributed by atoms with Crippen LogP contribution in [0, 0.1) is 5.82 Å². The normalized spacial score (nSPS) is 11.5. The lowest BCUT2D eigenvalue weighted by Gasteiger charge is -2.30. The van der Waals surface area contributed by atoms with Crippen LogP contribution in [0.2, 0.25) is 0 Å². The summed E-state index contributed by atoms with van der Waals surface area (Å²) >= 11 is 0. The fraction of sp³-hybridized carbons (Fsp3) is 0.615. The van der Waals surface area contributed by atoms with Crippen LogP contribution in [0.15, 0.2) is 24.3 Å². The molecule has 1 amide bonds. The van der Waals surface area contributed by atoms with Crippen molar-refractivity contribution in [2.24, 2.45) is 0 Å². The van der Waals surface area contributed by atoms with Crippen LogP contribution in [0.3, 0.4) is 0 Å². The second-order valence-electron chi connectivity index (χ2n) is 8.55. The molecule has 0 atom stereocenters. The highest BCUT2D eigenvalue weighted by Gasteiger charge is 2.50. The largest absolute Gasteiger partial charge is 0.464 e. The number of nitrogens with one attached hydrogen (secondary N) is 1. The number of esters is 3. The molecule has 0 radical (unpaired) electrons. The first-order valence-corrected chi connectivity index (χ1v) is 12.3. The number of hydrogen-bond donors (Lipinski definition) is 1. The second-order valence-corrected chi connectivity index (χ2v) is 8.55. The predicted octanol–water partition coefficient (Wildman–Crippen LogP) is 3.73. The van der Waals surface area contributed by atoms with Crippen molar-refractivity contribution in [1.29, 1.82) is 0 Å². The minimum Gasteiger partial charge on any atom is -0.464 e. The van der Waals surface area contributed by atoms with E-state index >= 15 is 0 Å². The van der Waals surface area contributed by atoms with Crippen molar-refractivity contribution in [2.45, 2.75) is 77.9 Å². The highest BCUT2D eigenvalue weighted by Crippen LogP contribution is 2.22. The lowest BCUT2D eigenvalue weighted by molar-refractivity contribution is -0.168. The topological polar surface area (TPSA) is 117 Å². The van der Waals surface area contributed by atoms with E-state index in [4.69, 9.17) is 18.9 Å². The maximum Gasteiger partial charge on any atom is 0.343 e. The Hall–Kier alpha value is -3.01. The number of ether oxygens (including phenoxy) is 4. The van der Waals surface area contributed by atoms with E-state index in [-0.39, 0.29) is 31.8 Å². The van der Waals surface area contributed by atoms with Crippen LogP contribution in [-0.4, -0.2) is 61.4 Å². The smallest absolute Gasteiger partial charge is 0.343 e. The lowest BCUT2D eigenvalue weighted by atomic mass is 9.91. The fourth-order valence-electron chi connectivity index (χ4n) is 3.36. The molecule has 0 aliphatic heterocycles. The number of unbranched alkanes of at least 4 members (excludes halogenated alkanes) is 3. The molecule has 1 aromatic rings. The van der Waals surface area contributed by atoms with Crippen molar-refractivity contribution >= 4 is 23.8 Å². The fourth-order valence-corrected chi connectivity index (χ4v) is 3.36. The molecule has 0 heterocycles. The quantitative estimate of drug-likeness (QED) is 0.154. The van der Waals surface area contributed by atoms with Gasteiger partial charge in [-0.25, -0.2) is 18.8 Å². The number of hydrogen-bond acceptors (Lipinski definition) is 8. The highest BCUT2D eigenvalue weighted by molar-refractivity contribution is 6.10. The number of carbonyl (C=O) groups excluding carboxylic acids is 4. The Morgan fingerprint density at radius 1 is 0.778 bits per heavy atom. The third-order valence-electron chi connectivity index (χ3n) is 5.36. The molecule has 0 saturated carbocycles. The Morgan fingerprint density at radius 2 is 1.28 bits per heavy atom. The van der Waals surface area contributed by atoms with Gasteiger partial charge in [-0.2, -0.15) is 0 Å². The maximum atomic E-state index is 13.3. The molecule has 0 unspecified atom stereocenters. The van der Waals surface area contributed by atoms with Crippen molar-refractivity contribution in [3.63, 3.8) is 0 Å². The van der Waals surface area contributed by atoms with Gasteiger partial charge in [0, 0.05) is 12.2 Å². The molecule has 9 nitrogen and oxygen atoms in total. The van der Waals surface area contributed by atoms with E-state index in [1.807, 2.05) is 0 Å². The first kappa shape index (κ1) is 31.0.